The lowest BCUT2D eigenvalue weighted by molar-refractivity contribution is 0.817. The summed E-state index contributed by atoms with van der Waals surface area (Å²) in [4.78, 5) is 18.2. The average molecular weight is 448 g/mol. The molecule has 3 aromatic carbocycles. The van der Waals surface area contributed by atoms with Crippen molar-refractivity contribution in [1.29, 1.82) is 0 Å². The summed E-state index contributed by atoms with van der Waals surface area (Å²) in [5.74, 6) is 0.819. The Morgan fingerprint density at radius 2 is 1.47 bits per heavy atom. The van der Waals surface area contributed by atoms with Gasteiger partial charge in [-0.1, -0.05) is 58.8 Å². The number of fused-ring (bicyclic) bond motifs is 2. The zero-order valence-corrected chi connectivity index (χ0v) is 18.5. The van der Waals surface area contributed by atoms with E-state index in [-0.39, 0.29) is 11.1 Å². The van der Waals surface area contributed by atoms with E-state index in [0.717, 1.165) is 28.2 Å². The third-order valence-electron chi connectivity index (χ3n) is 5.64. The SMILES string of the molecule is Cc1ccc(Nc2nn3c(=O)c4nnn(-c5ccccc5)c4nc3n2-c2ccc(C)cc2)cc1. The van der Waals surface area contributed by atoms with Gasteiger partial charge in [0.2, 0.25) is 11.7 Å². The van der Waals surface area contributed by atoms with Gasteiger partial charge in [-0.05, 0) is 50.2 Å². The first-order chi connectivity index (χ1) is 16.6. The maximum Gasteiger partial charge on any atom is 0.306 e. The molecule has 0 spiro atoms. The van der Waals surface area contributed by atoms with Crippen LogP contribution in [-0.2, 0) is 0 Å². The van der Waals surface area contributed by atoms with E-state index < -0.39 is 0 Å². The van der Waals surface area contributed by atoms with E-state index in [1.54, 1.807) is 4.68 Å². The minimum atomic E-state index is -0.389. The number of nitrogens with one attached hydrogen (secondary N) is 1. The monoisotopic (exact) mass is 448 g/mol. The number of rotatable bonds is 4. The highest BCUT2D eigenvalue weighted by molar-refractivity contribution is 5.74. The molecular weight excluding hydrogens is 428 g/mol. The van der Waals surface area contributed by atoms with Crippen molar-refractivity contribution in [1.82, 2.24) is 34.2 Å². The third-order valence-corrected chi connectivity index (χ3v) is 5.64. The molecule has 9 nitrogen and oxygen atoms in total. The number of nitrogens with zero attached hydrogens (tertiary/aromatic N) is 7. The Kier molecular flexibility index (Phi) is 4.48. The summed E-state index contributed by atoms with van der Waals surface area (Å²) >= 11 is 0. The first-order valence-corrected chi connectivity index (χ1v) is 10.8. The van der Waals surface area contributed by atoms with Crippen LogP contribution in [0.15, 0.2) is 83.7 Å². The number of hydrogen-bond acceptors (Lipinski definition) is 6. The molecule has 0 aliphatic heterocycles. The predicted octanol–water partition coefficient (Wildman–Crippen LogP) is 3.97. The first-order valence-electron chi connectivity index (χ1n) is 10.8. The van der Waals surface area contributed by atoms with Crippen molar-refractivity contribution in [2.24, 2.45) is 0 Å². The summed E-state index contributed by atoms with van der Waals surface area (Å²) in [5, 5.41) is 16.2. The highest BCUT2D eigenvalue weighted by Gasteiger charge is 2.21. The number of benzene rings is 3. The molecular formula is C25H20N8O. The molecule has 1 N–H and O–H groups in total. The highest BCUT2D eigenvalue weighted by Crippen LogP contribution is 2.23. The molecule has 6 aromatic rings. The van der Waals surface area contributed by atoms with Crippen molar-refractivity contribution < 1.29 is 0 Å². The second-order valence-corrected chi connectivity index (χ2v) is 8.12. The molecule has 0 fully saturated rings. The molecule has 0 aliphatic carbocycles. The number of hydrogen-bond donors (Lipinski definition) is 1. The van der Waals surface area contributed by atoms with E-state index in [2.05, 4.69) is 20.7 Å². The van der Waals surface area contributed by atoms with E-state index in [1.807, 2.05) is 97.3 Å². The Labute approximate surface area is 193 Å². The quantitative estimate of drug-likeness (QED) is 0.438. The van der Waals surface area contributed by atoms with Crippen LogP contribution in [-0.4, -0.2) is 34.2 Å². The van der Waals surface area contributed by atoms with Gasteiger partial charge < -0.3 is 5.32 Å². The standard InChI is InChI=1S/C25H20N8O/c1-16-8-12-18(13-9-16)26-24-29-33-23(34)21-22(32(30-28-21)20-6-4-3-5-7-20)27-25(33)31(24)19-14-10-17(2)11-15-19/h3-15H,1-2H3,(H,26,29). The lowest BCUT2D eigenvalue weighted by Gasteiger charge is -2.10. The summed E-state index contributed by atoms with van der Waals surface area (Å²) in [6.45, 7) is 4.06. The molecule has 9 heteroatoms. The average Bonchev–Trinajstić information content (AvgIpc) is 3.44. The number of anilines is 2. The Morgan fingerprint density at radius 3 is 2.18 bits per heavy atom. The van der Waals surface area contributed by atoms with Gasteiger partial charge in [-0.2, -0.15) is 14.2 Å². The van der Waals surface area contributed by atoms with Gasteiger partial charge in [0, 0.05) is 5.69 Å². The van der Waals surface area contributed by atoms with E-state index in [0.29, 0.717) is 17.4 Å². The van der Waals surface area contributed by atoms with Gasteiger partial charge in [-0.15, -0.1) is 10.2 Å². The second kappa shape index (κ2) is 7.66. The molecule has 0 atom stereocenters. The molecule has 0 aliphatic rings. The zero-order valence-electron chi connectivity index (χ0n) is 18.5. The van der Waals surface area contributed by atoms with Crippen LogP contribution in [0, 0.1) is 13.8 Å². The normalized spacial score (nSPS) is 11.4. The molecule has 0 bridgehead atoms. The summed E-state index contributed by atoms with van der Waals surface area (Å²) in [6, 6.07) is 25.4. The Balaban J connectivity index is 1.63. The summed E-state index contributed by atoms with van der Waals surface area (Å²) in [5.41, 5.74) is 4.84. The lowest BCUT2D eigenvalue weighted by atomic mass is 10.2. The van der Waals surface area contributed by atoms with Crippen LogP contribution in [0.2, 0.25) is 0 Å². The van der Waals surface area contributed by atoms with Crippen LogP contribution < -0.4 is 10.9 Å². The van der Waals surface area contributed by atoms with Gasteiger partial charge in [0.15, 0.2) is 11.2 Å². The van der Waals surface area contributed by atoms with Gasteiger partial charge in [0.05, 0.1) is 11.4 Å². The van der Waals surface area contributed by atoms with Crippen LogP contribution in [0.5, 0.6) is 0 Å². The first kappa shape index (κ1) is 19.9. The maximum atomic E-state index is 13.4. The van der Waals surface area contributed by atoms with Gasteiger partial charge >= 0.3 is 5.56 Å². The van der Waals surface area contributed by atoms with Gasteiger partial charge in [0.1, 0.15) is 0 Å². The smallest absolute Gasteiger partial charge is 0.306 e. The van der Waals surface area contributed by atoms with Crippen molar-refractivity contribution in [2.75, 3.05) is 5.32 Å². The summed E-state index contributed by atoms with van der Waals surface area (Å²) < 4.78 is 4.65. The number of aromatic nitrogens is 7. The highest BCUT2D eigenvalue weighted by atomic mass is 16.1. The van der Waals surface area contributed by atoms with Crippen molar-refractivity contribution >= 4 is 28.6 Å². The molecule has 3 aromatic heterocycles. The largest absolute Gasteiger partial charge is 0.324 e. The van der Waals surface area contributed by atoms with Crippen molar-refractivity contribution in [3.8, 4) is 11.4 Å². The number of aryl methyl sites for hydroxylation is 2. The van der Waals surface area contributed by atoms with E-state index in [1.165, 1.54) is 4.52 Å². The molecule has 0 radical (unpaired) electrons. The topological polar surface area (TPSA) is 94.9 Å². The van der Waals surface area contributed by atoms with Crippen LogP contribution in [0.4, 0.5) is 11.6 Å². The second-order valence-electron chi connectivity index (χ2n) is 8.12. The van der Waals surface area contributed by atoms with Crippen LogP contribution >= 0.6 is 0 Å². The molecule has 0 amide bonds. The van der Waals surface area contributed by atoms with Crippen molar-refractivity contribution in [3.63, 3.8) is 0 Å². The van der Waals surface area contributed by atoms with Crippen LogP contribution in [0.3, 0.4) is 0 Å². The van der Waals surface area contributed by atoms with E-state index >= 15 is 0 Å². The minimum absolute atomic E-state index is 0.150. The fourth-order valence-corrected chi connectivity index (χ4v) is 3.84. The van der Waals surface area contributed by atoms with Crippen molar-refractivity contribution in [3.05, 3.63) is 100 Å². The lowest BCUT2D eigenvalue weighted by Crippen LogP contribution is -2.17. The predicted molar refractivity (Wildman–Crippen MR) is 130 cm³/mol. The maximum absolute atomic E-state index is 13.4. The summed E-state index contributed by atoms with van der Waals surface area (Å²) in [7, 11) is 0. The Morgan fingerprint density at radius 1 is 0.794 bits per heavy atom. The summed E-state index contributed by atoms with van der Waals surface area (Å²) in [6.07, 6.45) is 0. The zero-order chi connectivity index (χ0) is 23.2. The fraction of sp³-hybridized carbons (Fsp3) is 0.0800. The molecule has 6 rings (SSSR count). The van der Waals surface area contributed by atoms with E-state index in [4.69, 9.17) is 4.98 Å². The van der Waals surface area contributed by atoms with Gasteiger partial charge in [0.25, 0.3) is 0 Å². The Hall–Kier alpha value is -4.79. The molecule has 0 saturated heterocycles. The molecule has 0 saturated carbocycles. The Bertz CT molecular complexity index is 1690. The van der Waals surface area contributed by atoms with Gasteiger partial charge in [-0.25, -0.2) is 4.57 Å². The van der Waals surface area contributed by atoms with E-state index in [9.17, 15) is 4.79 Å². The molecule has 0 unspecified atom stereocenters. The van der Waals surface area contributed by atoms with Gasteiger partial charge in [-0.3, -0.25) is 4.79 Å². The van der Waals surface area contributed by atoms with Crippen LogP contribution in [0.1, 0.15) is 11.1 Å². The fourth-order valence-electron chi connectivity index (χ4n) is 3.84. The van der Waals surface area contributed by atoms with Crippen molar-refractivity contribution in [2.45, 2.75) is 13.8 Å². The third kappa shape index (κ3) is 3.22. The molecule has 166 valence electrons. The molecule has 3 heterocycles. The van der Waals surface area contributed by atoms with Crippen LogP contribution in [0.25, 0.3) is 28.3 Å². The minimum Gasteiger partial charge on any atom is -0.324 e. The number of para-hydroxylation sites is 1. The molecule has 34 heavy (non-hydrogen) atoms.